The number of nitrogens with one attached hydrogen (secondary N) is 2. The van der Waals surface area contributed by atoms with Gasteiger partial charge in [0, 0.05) is 31.7 Å². The van der Waals surface area contributed by atoms with Gasteiger partial charge in [-0.15, -0.1) is 0 Å². The standard InChI is InChI=1S/C16H17BrN4O/c17-13-14(10-4-2-1-3-5-10)19-20-15(13)16(22)21-8-11-6-18-7-12(11)9-21/h1-5,11-12,18H,6-9H2,(H,19,20)/t11-,12+. The molecule has 2 saturated heterocycles. The highest BCUT2D eigenvalue weighted by molar-refractivity contribution is 9.10. The van der Waals surface area contributed by atoms with Crippen LogP contribution in [0.25, 0.3) is 11.3 Å². The SMILES string of the molecule is O=C(c1[nH]nc(-c2ccccc2)c1Br)N1C[C@H]2CNC[C@H]2C1. The Kier molecular flexibility index (Phi) is 3.50. The zero-order chi connectivity index (χ0) is 15.1. The number of benzene rings is 1. The fourth-order valence-electron chi connectivity index (χ4n) is 3.44. The van der Waals surface area contributed by atoms with Crippen LogP contribution in [0.5, 0.6) is 0 Å². The topological polar surface area (TPSA) is 61.0 Å². The quantitative estimate of drug-likeness (QED) is 0.862. The summed E-state index contributed by atoms with van der Waals surface area (Å²) < 4.78 is 0.749. The minimum absolute atomic E-state index is 0.0379. The van der Waals surface area contributed by atoms with Gasteiger partial charge in [0.05, 0.1) is 4.47 Å². The van der Waals surface area contributed by atoms with Gasteiger partial charge >= 0.3 is 0 Å². The number of hydrogen-bond acceptors (Lipinski definition) is 3. The molecule has 0 saturated carbocycles. The Hall–Kier alpha value is -1.66. The summed E-state index contributed by atoms with van der Waals surface area (Å²) >= 11 is 3.54. The molecule has 1 amide bonds. The van der Waals surface area contributed by atoms with Crippen molar-refractivity contribution in [3.63, 3.8) is 0 Å². The van der Waals surface area contributed by atoms with Gasteiger partial charge in [-0.1, -0.05) is 30.3 Å². The van der Waals surface area contributed by atoms with Crippen LogP contribution in [0.3, 0.4) is 0 Å². The van der Waals surface area contributed by atoms with Crippen LogP contribution in [0, 0.1) is 11.8 Å². The van der Waals surface area contributed by atoms with Crippen molar-refractivity contribution in [2.24, 2.45) is 11.8 Å². The van der Waals surface area contributed by atoms with Gasteiger partial charge in [0.2, 0.25) is 0 Å². The number of fused-ring (bicyclic) bond motifs is 1. The number of halogens is 1. The second kappa shape index (κ2) is 5.52. The summed E-state index contributed by atoms with van der Waals surface area (Å²) in [5.41, 5.74) is 2.32. The lowest BCUT2D eigenvalue weighted by atomic mass is 10.0. The van der Waals surface area contributed by atoms with E-state index in [-0.39, 0.29) is 5.91 Å². The average molecular weight is 361 g/mol. The molecule has 1 aromatic carbocycles. The monoisotopic (exact) mass is 360 g/mol. The molecule has 2 aromatic rings. The molecular formula is C16H17BrN4O. The first-order chi connectivity index (χ1) is 10.7. The highest BCUT2D eigenvalue weighted by atomic mass is 79.9. The zero-order valence-corrected chi connectivity index (χ0v) is 13.6. The third-order valence-corrected chi connectivity index (χ3v) is 5.42. The largest absolute Gasteiger partial charge is 0.337 e. The highest BCUT2D eigenvalue weighted by Gasteiger charge is 2.39. The third-order valence-electron chi connectivity index (χ3n) is 4.64. The average Bonchev–Trinajstić information content (AvgIpc) is 3.21. The summed E-state index contributed by atoms with van der Waals surface area (Å²) in [6.45, 7) is 3.72. The lowest BCUT2D eigenvalue weighted by molar-refractivity contribution is 0.0775. The number of carbonyl (C=O) groups is 1. The van der Waals surface area contributed by atoms with Gasteiger partial charge in [-0.25, -0.2) is 0 Å². The van der Waals surface area contributed by atoms with E-state index in [4.69, 9.17) is 0 Å². The molecule has 3 heterocycles. The second-order valence-corrected chi connectivity index (χ2v) is 6.81. The normalized spacial score (nSPS) is 23.8. The molecule has 0 aliphatic carbocycles. The molecule has 2 atom stereocenters. The number of nitrogens with zero attached hydrogens (tertiary/aromatic N) is 2. The summed E-state index contributed by atoms with van der Waals surface area (Å²) in [7, 11) is 0. The first-order valence-corrected chi connectivity index (χ1v) is 8.32. The first kappa shape index (κ1) is 14.0. The Morgan fingerprint density at radius 2 is 1.86 bits per heavy atom. The lowest BCUT2D eigenvalue weighted by Crippen LogP contribution is -2.32. The van der Waals surface area contributed by atoms with Crippen LogP contribution in [0.15, 0.2) is 34.8 Å². The third kappa shape index (κ3) is 2.27. The van der Waals surface area contributed by atoms with Gasteiger partial charge in [-0.2, -0.15) is 5.10 Å². The first-order valence-electron chi connectivity index (χ1n) is 7.53. The molecule has 2 N–H and O–H groups in total. The summed E-state index contributed by atoms with van der Waals surface area (Å²) in [6, 6.07) is 9.87. The molecule has 1 aromatic heterocycles. The molecule has 2 aliphatic heterocycles. The molecule has 4 rings (SSSR count). The molecule has 0 spiro atoms. The van der Waals surface area contributed by atoms with Gasteiger partial charge in [0.1, 0.15) is 11.4 Å². The maximum Gasteiger partial charge on any atom is 0.273 e. The van der Waals surface area contributed by atoms with Crippen LogP contribution in [0.4, 0.5) is 0 Å². The van der Waals surface area contributed by atoms with Gasteiger partial charge in [-0.3, -0.25) is 9.89 Å². The van der Waals surface area contributed by atoms with E-state index in [1.54, 1.807) is 0 Å². The van der Waals surface area contributed by atoms with Crippen molar-refractivity contribution in [2.45, 2.75) is 0 Å². The van der Waals surface area contributed by atoms with Crippen molar-refractivity contribution in [1.29, 1.82) is 0 Å². The van der Waals surface area contributed by atoms with E-state index in [1.807, 2.05) is 35.2 Å². The molecule has 0 unspecified atom stereocenters. The Labute approximate surface area is 137 Å². The molecule has 0 bridgehead atoms. The van der Waals surface area contributed by atoms with Gasteiger partial charge in [0.25, 0.3) is 5.91 Å². The van der Waals surface area contributed by atoms with E-state index < -0.39 is 0 Å². The van der Waals surface area contributed by atoms with Gasteiger partial charge in [0.15, 0.2) is 0 Å². The fraction of sp³-hybridized carbons (Fsp3) is 0.375. The number of hydrogen-bond donors (Lipinski definition) is 2. The molecule has 5 nitrogen and oxygen atoms in total. The van der Waals surface area contributed by atoms with Crippen molar-refractivity contribution >= 4 is 21.8 Å². The summed E-state index contributed by atoms with van der Waals surface area (Å²) in [5, 5.41) is 10.6. The van der Waals surface area contributed by atoms with Crippen LogP contribution < -0.4 is 5.32 Å². The van der Waals surface area contributed by atoms with E-state index in [9.17, 15) is 4.79 Å². The minimum atomic E-state index is 0.0379. The number of aromatic amines is 1. The maximum absolute atomic E-state index is 12.7. The predicted octanol–water partition coefficient (Wildman–Crippen LogP) is 2.13. The Morgan fingerprint density at radius 1 is 1.18 bits per heavy atom. The van der Waals surface area contributed by atoms with E-state index in [2.05, 4.69) is 31.4 Å². The second-order valence-electron chi connectivity index (χ2n) is 6.02. The molecule has 0 radical (unpaired) electrons. The van der Waals surface area contributed by atoms with Crippen LogP contribution in [-0.4, -0.2) is 47.2 Å². The van der Waals surface area contributed by atoms with Crippen molar-refractivity contribution in [2.75, 3.05) is 26.2 Å². The Bertz CT molecular complexity index is 687. The van der Waals surface area contributed by atoms with Crippen LogP contribution in [-0.2, 0) is 0 Å². The highest BCUT2D eigenvalue weighted by Crippen LogP contribution is 2.32. The van der Waals surface area contributed by atoms with Gasteiger partial charge < -0.3 is 10.2 Å². The van der Waals surface area contributed by atoms with E-state index in [0.29, 0.717) is 17.5 Å². The molecular weight excluding hydrogens is 344 g/mol. The van der Waals surface area contributed by atoms with Crippen LogP contribution in [0.1, 0.15) is 10.5 Å². The molecule has 6 heteroatoms. The van der Waals surface area contributed by atoms with Crippen molar-refractivity contribution < 1.29 is 4.79 Å². The lowest BCUT2D eigenvalue weighted by Gasteiger charge is -2.16. The van der Waals surface area contributed by atoms with Crippen molar-refractivity contribution in [1.82, 2.24) is 20.4 Å². The number of H-pyrrole nitrogens is 1. The molecule has 2 fully saturated rings. The molecule has 2 aliphatic rings. The zero-order valence-electron chi connectivity index (χ0n) is 12.1. The van der Waals surface area contributed by atoms with Crippen molar-refractivity contribution in [3.05, 3.63) is 40.5 Å². The number of rotatable bonds is 2. The summed E-state index contributed by atoms with van der Waals surface area (Å²) in [4.78, 5) is 14.7. The van der Waals surface area contributed by atoms with Crippen LogP contribution >= 0.6 is 15.9 Å². The smallest absolute Gasteiger partial charge is 0.273 e. The Balaban J connectivity index is 1.58. The number of aromatic nitrogens is 2. The number of carbonyl (C=O) groups excluding carboxylic acids is 1. The van der Waals surface area contributed by atoms with Gasteiger partial charge in [-0.05, 0) is 27.8 Å². The van der Waals surface area contributed by atoms with E-state index >= 15 is 0 Å². The predicted molar refractivity (Wildman–Crippen MR) is 87.5 cm³/mol. The number of amides is 1. The fourth-order valence-corrected chi connectivity index (χ4v) is 4.01. The van der Waals surface area contributed by atoms with E-state index in [0.717, 1.165) is 41.9 Å². The van der Waals surface area contributed by atoms with Crippen LogP contribution in [0.2, 0.25) is 0 Å². The van der Waals surface area contributed by atoms with E-state index in [1.165, 1.54) is 0 Å². The molecule has 22 heavy (non-hydrogen) atoms. The summed E-state index contributed by atoms with van der Waals surface area (Å²) in [6.07, 6.45) is 0. The summed E-state index contributed by atoms with van der Waals surface area (Å²) in [5.74, 6) is 1.23. The molecule has 114 valence electrons. The minimum Gasteiger partial charge on any atom is -0.337 e. The number of likely N-dealkylation sites (tertiary alicyclic amines) is 1. The Morgan fingerprint density at radius 3 is 2.55 bits per heavy atom. The maximum atomic E-state index is 12.7. The van der Waals surface area contributed by atoms with Crippen molar-refractivity contribution in [3.8, 4) is 11.3 Å².